The topological polar surface area (TPSA) is 86.5 Å². The molecule has 0 aliphatic carbocycles. The lowest BCUT2D eigenvalue weighted by Crippen LogP contribution is -2.23. The van der Waals surface area contributed by atoms with Gasteiger partial charge < -0.3 is 10.3 Å². The van der Waals surface area contributed by atoms with E-state index in [1.807, 2.05) is 0 Å². The zero-order valence-electron chi connectivity index (χ0n) is 8.24. The summed E-state index contributed by atoms with van der Waals surface area (Å²) in [6.45, 7) is 2.19. The van der Waals surface area contributed by atoms with Gasteiger partial charge in [-0.25, -0.2) is 4.98 Å². The summed E-state index contributed by atoms with van der Waals surface area (Å²) in [6.07, 6.45) is 4.86. The number of imidazole rings is 1. The van der Waals surface area contributed by atoms with Gasteiger partial charge in [-0.3, -0.25) is 9.89 Å². The Kier molecular flexibility index (Phi) is 2.49. The Morgan fingerprint density at radius 1 is 1.60 bits per heavy atom. The Hall–Kier alpha value is -2.11. The first-order chi connectivity index (χ1) is 7.27. The van der Waals surface area contributed by atoms with Gasteiger partial charge in [-0.15, -0.1) is 0 Å². The summed E-state index contributed by atoms with van der Waals surface area (Å²) in [6, 6.07) is 0. The molecule has 3 N–H and O–H groups in total. The predicted octanol–water partition coefficient (Wildman–Crippen LogP) is 0.371. The SMILES string of the molecule is Cc1[nH]ncc1C(=O)NCc1ncc[nH]1. The van der Waals surface area contributed by atoms with Crippen molar-refractivity contribution in [1.82, 2.24) is 25.5 Å². The second-order valence-electron chi connectivity index (χ2n) is 3.13. The third-order valence-corrected chi connectivity index (χ3v) is 2.05. The molecular formula is C9H11N5O. The fraction of sp³-hybridized carbons (Fsp3) is 0.222. The number of aromatic nitrogens is 4. The standard InChI is InChI=1S/C9H11N5O/c1-6-7(4-13-14-6)9(15)12-5-8-10-2-3-11-8/h2-4H,5H2,1H3,(H,10,11)(H,12,15)(H,13,14). The molecule has 0 spiro atoms. The fourth-order valence-electron chi connectivity index (χ4n) is 1.23. The lowest BCUT2D eigenvalue weighted by molar-refractivity contribution is 0.0949. The molecule has 0 saturated heterocycles. The van der Waals surface area contributed by atoms with E-state index in [4.69, 9.17) is 0 Å². The van der Waals surface area contributed by atoms with Gasteiger partial charge in [0.05, 0.1) is 18.3 Å². The third kappa shape index (κ3) is 2.04. The van der Waals surface area contributed by atoms with E-state index in [0.29, 0.717) is 12.1 Å². The van der Waals surface area contributed by atoms with Crippen molar-refractivity contribution in [3.63, 3.8) is 0 Å². The number of hydrogen-bond acceptors (Lipinski definition) is 3. The molecule has 2 aromatic heterocycles. The molecule has 0 bridgehead atoms. The van der Waals surface area contributed by atoms with E-state index in [0.717, 1.165) is 11.5 Å². The molecule has 15 heavy (non-hydrogen) atoms. The lowest BCUT2D eigenvalue weighted by Gasteiger charge is -2.01. The number of aromatic amines is 2. The van der Waals surface area contributed by atoms with E-state index in [-0.39, 0.29) is 5.91 Å². The number of amides is 1. The number of carbonyl (C=O) groups is 1. The molecule has 0 radical (unpaired) electrons. The maximum absolute atomic E-state index is 11.6. The van der Waals surface area contributed by atoms with Gasteiger partial charge in [-0.2, -0.15) is 5.10 Å². The van der Waals surface area contributed by atoms with Crippen LogP contribution < -0.4 is 5.32 Å². The van der Waals surface area contributed by atoms with E-state index >= 15 is 0 Å². The summed E-state index contributed by atoms with van der Waals surface area (Å²) < 4.78 is 0. The quantitative estimate of drug-likeness (QED) is 0.676. The normalized spacial score (nSPS) is 10.2. The number of rotatable bonds is 3. The summed E-state index contributed by atoms with van der Waals surface area (Å²) in [5.41, 5.74) is 1.31. The second kappa shape index (κ2) is 3.95. The number of nitrogens with one attached hydrogen (secondary N) is 3. The minimum Gasteiger partial charge on any atom is -0.347 e. The summed E-state index contributed by atoms with van der Waals surface area (Å²) in [5, 5.41) is 9.22. The van der Waals surface area contributed by atoms with Crippen LogP contribution in [0.4, 0.5) is 0 Å². The molecule has 0 fully saturated rings. The van der Waals surface area contributed by atoms with Crippen molar-refractivity contribution in [3.05, 3.63) is 35.7 Å². The molecule has 6 nitrogen and oxygen atoms in total. The van der Waals surface area contributed by atoms with Crippen molar-refractivity contribution < 1.29 is 4.79 Å². The van der Waals surface area contributed by atoms with Crippen LogP contribution in [0, 0.1) is 6.92 Å². The van der Waals surface area contributed by atoms with Crippen molar-refractivity contribution in [2.75, 3.05) is 0 Å². The van der Waals surface area contributed by atoms with Crippen molar-refractivity contribution >= 4 is 5.91 Å². The summed E-state index contributed by atoms with van der Waals surface area (Å²) in [5.74, 6) is 0.571. The molecule has 0 aliphatic heterocycles. The van der Waals surface area contributed by atoms with Gasteiger partial charge in [-0.05, 0) is 6.92 Å². The van der Waals surface area contributed by atoms with E-state index in [2.05, 4.69) is 25.5 Å². The average Bonchev–Trinajstić information content (AvgIpc) is 2.84. The zero-order valence-corrected chi connectivity index (χ0v) is 8.24. The highest BCUT2D eigenvalue weighted by atomic mass is 16.1. The molecule has 0 saturated carbocycles. The molecule has 0 unspecified atom stereocenters. The number of aryl methyl sites for hydroxylation is 1. The highest BCUT2D eigenvalue weighted by Crippen LogP contribution is 2.02. The first kappa shape index (κ1) is 9.45. The Labute approximate surface area is 86.1 Å². The molecular weight excluding hydrogens is 194 g/mol. The van der Waals surface area contributed by atoms with Gasteiger partial charge in [0.25, 0.3) is 5.91 Å². The minimum absolute atomic E-state index is 0.155. The summed E-state index contributed by atoms with van der Waals surface area (Å²) in [7, 11) is 0. The maximum atomic E-state index is 11.6. The Morgan fingerprint density at radius 3 is 3.07 bits per heavy atom. The van der Waals surface area contributed by atoms with Crippen LogP contribution in [-0.4, -0.2) is 26.1 Å². The van der Waals surface area contributed by atoms with Crippen molar-refractivity contribution in [1.29, 1.82) is 0 Å². The van der Waals surface area contributed by atoms with Gasteiger partial charge >= 0.3 is 0 Å². The van der Waals surface area contributed by atoms with Crippen LogP contribution in [-0.2, 0) is 6.54 Å². The van der Waals surface area contributed by atoms with Crippen LogP contribution in [0.25, 0.3) is 0 Å². The zero-order chi connectivity index (χ0) is 10.7. The van der Waals surface area contributed by atoms with Crippen molar-refractivity contribution in [3.8, 4) is 0 Å². The average molecular weight is 205 g/mol. The summed E-state index contributed by atoms with van der Waals surface area (Å²) in [4.78, 5) is 18.5. The van der Waals surface area contributed by atoms with Gasteiger partial charge in [0, 0.05) is 18.1 Å². The lowest BCUT2D eigenvalue weighted by atomic mass is 10.2. The summed E-state index contributed by atoms with van der Waals surface area (Å²) >= 11 is 0. The Balaban J connectivity index is 1.96. The molecule has 2 aromatic rings. The number of hydrogen-bond donors (Lipinski definition) is 3. The highest BCUT2D eigenvalue weighted by molar-refractivity contribution is 5.94. The van der Waals surface area contributed by atoms with Crippen LogP contribution in [0.5, 0.6) is 0 Å². The number of nitrogens with zero attached hydrogens (tertiary/aromatic N) is 2. The van der Waals surface area contributed by atoms with E-state index in [9.17, 15) is 4.79 Å². The van der Waals surface area contributed by atoms with Crippen LogP contribution in [0.2, 0.25) is 0 Å². The first-order valence-electron chi connectivity index (χ1n) is 4.54. The van der Waals surface area contributed by atoms with Crippen LogP contribution in [0.15, 0.2) is 18.6 Å². The molecule has 0 aliphatic rings. The van der Waals surface area contributed by atoms with Gasteiger partial charge in [0.2, 0.25) is 0 Å². The molecule has 6 heteroatoms. The smallest absolute Gasteiger partial charge is 0.255 e. The first-order valence-corrected chi connectivity index (χ1v) is 4.54. The van der Waals surface area contributed by atoms with Crippen LogP contribution in [0.1, 0.15) is 21.9 Å². The monoisotopic (exact) mass is 205 g/mol. The van der Waals surface area contributed by atoms with E-state index < -0.39 is 0 Å². The molecule has 2 heterocycles. The molecule has 78 valence electrons. The van der Waals surface area contributed by atoms with Gasteiger partial charge in [-0.1, -0.05) is 0 Å². The fourth-order valence-corrected chi connectivity index (χ4v) is 1.23. The van der Waals surface area contributed by atoms with Crippen molar-refractivity contribution in [2.45, 2.75) is 13.5 Å². The van der Waals surface area contributed by atoms with Crippen LogP contribution >= 0.6 is 0 Å². The number of carbonyl (C=O) groups excluding carboxylic acids is 1. The van der Waals surface area contributed by atoms with Gasteiger partial charge in [0.15, 0.2) is 0 Å². The maximum Gasteiger partial charge on any atom is 0.255 e. The number of H-pyrrole nitrogens is 2. The molecule has 1 amide bonds. The van der Waals surface area contributed by atoms with Crippen LogP contribution in [0.3, 0.4) is 0 Å². The molecule has 2 rings (SSSR count). The Bertz CT molecular complexity index is 445. The van der Waals surface area contributed by atoms with E-state index in [1.54, 1.807) is 19.3 Å². The Morgan fingerprint density at radius 2 is 2.47 bits per heavy atom. The molecule has 0 atom stereocenters. The van der Waals surface area contributed by atoms with Gasteiger partial charge in [0.1, 0.15) is 5.82 Å². The minimum atomic E-state index is -0.155. The predicted molar refractivity (Wildman–Crippen MR) is 53.1 cm³/mol. The molecule has 0 aromatic carbocycles. The second-order valence-corrected chi connectivity index (χ2v) is 3.13. The largest absolute Gasteiger partial charge is 0.347 e. The third-order valence-electron chi connectivity index (χ3n) is 2.05. The van der Waals surface area contributed by atoms with Crippen molar-refractivity contribution in [2.24, 2.45) is 0 Å². The van der Waals surface area contributed by atoms with E-state index in [1.165, 1.54) is 6.20 Å². The highest BCUT2D eigenvalue weighted by Gasteiger charge is 2.10.